The highest BCUT2D eigenvalue weighted by Gasteiger charge is 2.24. The molecule has 0 amide bonds. The molecule has 10 heteroatoms. The zero-order valence-electron chi connectivity index (χ0n) is 19.7. The number of nitrogens with zero attached hydrogens (tertiary/aromatic N) is 3. The summed E-state index contributed by atoms with van der Waals surface area (Å²) in [4.78, 5) is 10.9. The van der Waals surface area contributed by atoms with Gasteiger partial charge in [-0.3, -0.25) is 9.71 Å². The van der Waals surface area contributed by atoms with E-state index in [4.69, 9.17) is 16.3 Å². The summed E-state index contributed by atoms with van der Waals surface area (Å²) in [6.07, 6.45) is 3.61. The highest BCUT2D eigenvalue weighted by Crippen LogP contribution is 2.34. The second kappa shape index (κ2) is 9.65. The molecule has 3 heterocycles. The van der Waals surface area contributed by atoms with Gasteiger partial charge in [0.2, 0.25) is 0 Å². The van der Waals surface area contributed by atoms with Crippen molar-refractivity contribution in [3.05, 3.63) is 78.0 Å². The summed E-state index contributed by atoms with van der Waals surface area (Å²) < 4.78 is 47.2. The minimum Gasteiger partial charge on any atom is -0.372 e. The molecule has 0 unspecified atom stereocenters. The SMILES string of the molecule is C[C@@H]1CN(c2ccnc3ccc(-c4cnc(Cl)c(NS(=O)(=O)c5ccc(F)cc5)c4)cc23)C[C@H](C)O1. The van der Waals surface area contributed by atoms with E-state index in [0.717, 1.165) is 47.4 Å². The van der Waals surface area contributed by atoms with Gasteiger partial charge in [0.15, 0.2) is 5.15 Å². The third-order valence-corrected chi connectivity index (χ3v) is 7.70. The molecule has 1 fully saturated rings. The van der Waals surface area contributed by atoms with Gasteiger partial charge in [-0.2, -0.15) is 0 Å². The second-order valence-electron chi connectivity index (χ2n) is 8.85. The van der Waals surface area contributed by atoms with Crippen LogP contribution in [0.1, 0.15) is 13.8 Å². The van der Waals surface area contributed by atoms with Crippen LogP contribution in [-0.4, -0.2) is 43.7 Å². The molecule has 2 aromatic carbocycles. The highest BCUT2D eigenvalue weighted by atomic mass is 35.5. The number of fused-ring (bicyclic) bond motifs is 1. The Morgan fingerprint density at radius 3 is 2.44 bits per heavy atom. The van der Waals surface area contributed by atoms with Crippen molar-refractivity contribution in [2.45, 2.75) is 31.0 Å². The number of morpholine rings is 1. The topological polar surface area (TPSA) is 84.4 Å². The lowest BCUT2D eigenvalue weighted by Gasteiger charge is -2.37. The largest absolute Gasteiger partial charge is 0.372 e. The van der Waals surface area contributed by atoms with Crippen molar-refractivity contribution < 1.29 is 17.5 Å². The van der Waals surface area contributed by atoms with Crippen LogP contribution >= 0.6 is 11.6 Å². The van der Waals surface area contributed by atoms with E-state index in [1.165, 1.54) is 12.1 Å². The maximum atomic E-state index is 13.2. The summed E-state index contributed by atoms with van der Waals surface area (Å²) in [5.41, 5.74) is 3.54. The van der Waals surface area contributed by atoms with Crippen molar-refractivity contribution in [2.75, 3.05) is 22.7 Å². The number of ether oxygens (including phenoxy) is 1. The van der Waals surface area contributed by atoms with Crippen LogP contribution in [0.2, 0.25) is 5.15 Å². The molecule has 1 aliphatic heterocycles. The van der Waals surface area contributed by atoms with E-state index in [1.54, 1.807) is 18.5 Å². The molecule has 1 aliphatic rings. The van der Waals surface area contributed by atoms with E-state index in [9.17, 15) is 12.8 Å². The van der Waals surface area contributed by atoms with Crippen LogP contribution in [0.15, 0.2) is 71.9 Å². The smallest absolute Gasteiger partial charge is 0.261 e. The summed E-state index contributed by atoms with van der Waals surface area (Å²) >= 11 is 6.22. The molecule has 2 atom stereocenters. The first kappa shape index (κ1) is 24.4. The van der Waals surface area contributed by atoms with E-state index in [1.807, 2.05) is 24.3 Å². The number of pyridine rings is 2. The summed E-state index contributed by atoms with van der Waals surface area (Å²) in [5.74, 6) is -0.526. The number of nitrogens with one attached hydrogen (secondary N) is 1. The van der Waals surface area contributed by atoms with Crippen LogP contribution in [0.5, 0.6) is 0 Å². The third-order valence-electron chi connectivity index (χ3n) is 6.02. The Morgan fingerprint density at radius 1 is 1.00 bits per heavy atom. The highest BCUT2D eigenvalue weighted by molar-refractivity contribution is 7.92. The fourth-order valence-electron chi connectivity index (χ4n) is 4.46. The molecule has 0 aliphatic carbocycles. The number of halogens is 2. The Hall–Kier alpha value is -3.27. The molecule has 0 saturated carbocycles. The molecular formula is C26H24ClFN4O3S. The number of aromatic nitrogens is 2. The van der Waals surface area contributed by atoms with E-state index < -0.39 is 15.8 Å². The maximum Gasteiger partial charge on any atom is 0.261 e. The molecule has 0 spiro atoms. The first-order valence-electron chi connectivity index (χ1n) is 11.4. The Morgan fingerprint density at radius 2 is 1.72 bits per heavy atom. The maximum absolute atomic E-state index is 13.2. The fraction of sp³-hybridized carbons (Fsp3) is 0.231. The summed E-state index contributed by atoms with van der Waals surface area (Å²) in [6, 6.07) is 14.0. The van der Waals surface area contributed by atoms with Gasteiger partial charge >= 0.3 is 0 Å². The lowest BCUT2D eigenvalue weighted by Crippen LogP contribution is -2.45. The number of hydrogen-bond acceptors (Lipinski definition) is 6. The zero-order valence-corrected chi connectivity index (χ0v) is 21.2. The summed E-state index contributed by atoms with van der Waals surface area (Å²) in [7, 11) is -3.99. The number of sulfonamides is 1. The van der Waals surface area contributed by atoms with Gasteiger partial charge in [0.1, 0.15) is 5.82 Å². The van der Waals surface area contributed by atoms with Gasteiger partial charge in [-0.05, 0) is 67.9 Å². The minimum absolute atomic E-state index is 0.00359. The lowest BCUT2D eigenvalue weighted by atomic mass is 10.0. The molecule has 4 aromatic rings. The van der Waals surface area contributed by atoms with Crippen LogP contribution in [0, 0.1) is 5.82 Å². The Bertz CT molecular complexity index is 1520. The monoisotopic (exact) mass is 526 g/mol. The van der Waals surface area contributed by atoms with Crippen LogP contribution < -0.4 is 9.62 Å². The molecule has 0 bridgehead atoms. The van der Waals surface area contributed by atoms with E-state index in [0.29, 0.717) is 5.56 Å². The molecule has 186 valence electrons. The van der Waals surface area contributed by atoms with Crippen LogP contribution in [0.25, 0.3) is 22.0 Å². The molecule has 5 rings (SSSR count). The molecule has 7 nitrogen and oxygen atoms in total. The predicted molar refractivity (Wildman–Crippen MR) is 139 cm³/mol. The summed E-state index contributed by atoms with van der Waals surface area (Å²) in [6.45, 7) is 5.66. The van der Waals surface area contributed by atoms with Crippen LogP contribution in [-0.2, 0) is 14.8 Å². The van der Waals surface area contributed by atoms with Crippen molar-refractivity contribution in [1.29, 1.82) is 0 Å². The van der Waals surface area contributed by atoms with Crippen LogP contribution in [0.3, 0.4) is 0 Å². The standard InChI is InChI=1S/C26H24ClFN4O3S/c1-16-14-32(15-17(2)35-16)25-9-10-29-23-8-3-18(11-22(23)25)19-12-24(26(27)30-13-19)31-36(33,34)21-6-4-20(28)5-7-21/h3-13,16-17,31H,14-15H2,1-2H3/t16-,17+. The molecule has 2 aromatic heterocycles. The quantitative estimate of drug-likeness (QED) is 0.345. The average Bonchev–Trinajstić information content (AvgIpc) is 2.84. The van der Waals surface area contributed by atoms with Gasteiger partial charge in [-0.15, -0.1) is 0 Å². The Labute approximate surface area is 214 Å². The van der Waals surface area contributed by atoms with Gasteiger partial charge < -0.3 is 9.64 Å². The normalized spacial score (nSPS) is 18.4. The van der Waals surface area contributed by atoms with Crippen molar-refractivity contribution in [2.24, 2.45) is 0 Å². The van der Waals surface area contributed by atoms with E-state index in [2.05, 4.69) is 33.4 Å². The number of benzene rings is 2. The van der Waals surface area contributed by atoms with Crippen LogP contribution in [0.4, 0.5) is 15.8 Å². The van der Waals surface area contributed by atoms with Gasteiger partial charge in [0.05, 0.1) is 28.3 Å². The molecule has 1 saturated heterocycles. The number of rotatable bonds is 5. The first-order valence-corrected chi connectivity index (χ1v) is 13.3. The minimum atomic E-state index is -3.99. The number of hydrogen-bond donors (Lipinski definition) is 1. The second-order valence-corrected chi connectivity index (χ2v) is 10.9. The van der Waals surface area contributed by atoms with Gasteiger partial charge in [0, 0.05) is 42.1 Å². The van der Waals surface area contributed by atoms with Gasteiger partial charge in [-0.1, -0.05) is 17.7 Å². The van der Waals surface area contributed by atoms with E-state index >= 15 is 0 Å². The summed E-state index contributed by atoms with van der Waals surface area (Å²) in [5, 5.41) is 0.976. The fourth-order valence-corrected chi connectivity index (χ4v) is 5.72. The van der Waals surface area contributed by atoms with Crippen molar-refractivity contribution in [1.82, 2.24) is 9.97 Å². The average molecular weight is 527 g/mol. The van der Waals surface area contributed by atoms with Gasteiger partial charge in [-0.25, -0.2) is 17.8 Å². The van der Waals surface area contributed by atoms with Crippen molar-refractivity contribution in [3.8, 4) is 11.1 Å². The van der Waals surface area contributed by atoms with Crippen molar-refractivity contribution in [3.63, 3.8) is 0 Å². The number of anilines is 2. The molecule has 0 radical (unpaired) electrons. The zero-order chi connectivity index (χ0) is 25.4. The Balaban J connectivity index is 1.51. The lowest BCUT2D eigenvalue weighted by molar-refractivity contribution is -0.00513. The Kier molecular flexibility index (Phi) is 6.55. The predicted octanol–water partition coefficient (Wildman–Crippen LogP) is 5.50. The van der Waals surface area contributed by atoms with Crippen molar-refractivity contribution >= 4 is 43.9 Å². The van der Waals surface area contributed by atoms with E-state index in [-0.39, 0.29) is 27.9 Å². The van der Waals surface area contributed by atoms with Gasteiger partial charge in [0.25, 0.3) is 10.0 Å². The third kappa shape index (κ3) is 5.00. The molecule has 1 N–H and O–H groups in total. The molecular weight excluding hydrogens is 503 g/mol. The first-order chi connectivity index (χ1) is 17.2. The molecule has 36 heavy (non-hydrogen) atoms.